The molecule has 9 heteroatoms. The summed E-state index contributed by atoms with van der Waals surface area (Å²) < 4.78 is 142. The van der Waals surface area contributed by atoms with E-state index in [0.717, 1.165) is 71.1 Å². The minimum atomic E-state index is -2.68. The molecule has 60 heavy (non-hydrogen) atoms. The molecule has 0 aromatic rings. The minimum Gasteiger partial charge on any atom is -0.466 e. The summed E-state index contributed by atoms with van der Waals surface area (Å²) in [4.78, 5) is 73.2. The van der Waals surface area contributed by atoms with Gasteiger partial charge in [0.05, 0.1) is 32.1 Å². The lowest BCUT2D eigenvalue weighted by molar-refractivity contribution is -0.168. The molecule has 0 aliphatic carbocycles. The predicted molar refractivity (Wildman–Crippen MR) is 246 cm³/mol. The molecule has 0 spiro atoms. The fourth-order valence-electron chi connectivity index (χ4n) is 7.51. The summed E-state index contributed by atoms with van der Waals surface area (Å²) in [5.41, 5.74) is -6.65. The Balaban J connectivity index is 0. The molecule has 0 aromatic carbocycles. The van der Waals surface area contributed by atoms with E-state index in [2.05, 4.69) is 0 Å². The second-order valence-electron chi connectivity index (χ2n) is 17.3. The number of ether oxygens (including phenoxy) is 3. The van der Waals surface area contributed by atoms with Gasteiger partial charge < -0.3 is 19.0 Å². The van der Waals surface area contributed by atoms with Crippen LogP contribution < -0.4 is 0 Å². The summed E-state index contributed by atoms with van der Waals surface area (Å²) in [5, 5.41) is 0. The zero-order chi connectivity index (χ0) is 60.0. The van der Waals surface area contributed by atoms with Gasteiger partial charge in [-0.05, 0) is 88.9 Å². The first kappa shape index (κ1) is 35.8. The number of carbonyl (C=O) groups excluding carboxylic acids is 6. The maximum absolute atomic E-state index is 12.6. The van der Waals surface area contributed by atoms with E-state index in [4.69, 9.17) is 36.1 Å². The average Bonchev–Trinajstić information content (AvgIpc) is 3.25. The summed E-state index contributed by atoms with van der Waals surface area (Å²) in [5.74, 6) is -7.23. The average molecular weight is 867 g/mol. The summed E-state index contributed by atoms with van der Waals surface area (Å²) in [7, 11) is 0. The molecule has 0 heterocycles. The highest BCUT2D eigenvalue weighted by atomic mass is 16.6. The van der Waals surface area contributed by atoms with E-state index in [-0.39, 0.29) is 45.5 Å². The zero-order valence-electron chi connectivity index (χ0n) is 55.1. The maximum Gasteiger partial charge on any atom is 0.320 e. The number of rotatable bonds is 35. The first-order chi connectivity index (χ1) is 34.4. The Morgan fingerprint density at radius 1 is 0.450 bits per heavy atom. The van der Waals surface area contributed by atoms with E-state index in [1.54, 1.807) is 13.8 Å². The Bertz CT molecular complexity index is 1780. The maximum atomic E-state index is 12.6. The molecule has 352 valence electrons. The van der Waals surface area contributed by atoms with Crippen LogP contribution in [0.25, 0.3) is 0 Å². The van der Waals surface area contributed by atoms with Crippen LogP contribution in [0.2, 0.25) is 0 Å². The molecule has 0 radical (unpaired) electrons. The van der Waals surface area contributed by atoms with Crippen molar-refractivity contribution in [3.63, 3.8) is 0 Å². The quantitative estimate of drug-likeness (QED) is 0.0264. The largest absolute Gasteiger partial charge is 0.466 e. The van der Waals surface area contributed by atoms with Gasteiger partial charge in [0.25, 0.3) is 0 Å². The summed E-state index contributed by atoms with van der Waals surface area (Å²) >= 11 is 0. The highest BCUT2D eigenvalue weighted by molar-refractivity contribution is 6.01. The van der Waals surface area contributed by atoms with Crippen LogP contribution in [0.4, 0.5) is 0 Å². The first-order valence-corrected chi connectivity index (χ1v) is 22.5. The van der Waals surface area contributed by atoms with Gasteiger partial charge in [-0.3, -0.25) is 24.0 Å². The second kappa shape index (κ2) is 32.1. The number of Topliss-reactive ketones (excluding diaryl/α,β-unsaturated/α-hetero) is 3. The van der Waals surface area contributed by atoms with Crippen LogP contribution in [0, 0.1) is 33.5 Å². The smallest absolute Gasteiger partial charge is 0.320 e. The normalized spacial score (nSPS) is 20.7. The fourth-order valence-corrected chi connectivity index (χ4v) is 7.51. The molecule has 0 aliphatic heterocycles. The predicted octanol–water partition coefficient (Wildman–Crippen LogP) is 13.3. The molecule has 0 saturated heterocycles. The van der Waals surface area contributed by atoms with Crippen molar-refractivity contribution in [2.24, 2.45) is 33.5 Å². The zero-order valence-corrected chi connectivity index (χ0v) is 39.1. The summed E-state index contributed by atoms with van der Waals surface area (Å²) in [6.45, 7) is 3.59. The van der Waals surface area contributed by atoms with Crippen molar-refractivity contribution in [2.45, 2.75) is 238 Å². The molecule has 0 bridgehead atoms. The second-order valence-corrected chi connectivity index (χ2v) is 17.3. The van der Waals surface area contributed by atoms with Crippen molar-refractivity contribution in [2.75, 3.05) is 19.8 Å². The Labute approximate surface area is 391 Å². The van der Waals surface area contributed by atoms with Crippen LogP contribution >= 0.6 is 0 Å². The van der Waals surface area contributed by atoms with Crippen molar-refractivity contribution in [3.05, 3.63) is 0 Å². The number of unbranched alkanes of at least 4 members (excludes halogenated alkanes) is 14. The van der Waals surface area contributed by atoms with E-state index < -0.39 is 109 Å². The van der Waals surface area contributed by atoms with Gasteiger partial charge in [-0.25, -0.2) is 0 Å². The number of esters is 3. The number of ketones is 3. The van der Waals surface area contributed by atoms with Crippen molar-refractivity contribution in [3.8, 4) is 0 Å². The van der Waals surface area contributed by atoms with Crippen molar-refractivity contribution >= 4 is 35.3 Å². The molecule has 0 saturated carbocycles. The molecule has 0 N–H and O–H groups in total. The van der Waals surface area contributed by atoms with Gasteiger partial charge in [-0.1, -0.05) is 158 Å². The van der Waals surface area contributed by atoms with Crippen LogP contribution in [-0.2, 0) is 43.0 Å². The summed E-state index contributed by atoms with van der Waals surface area (Å²) in [6, 6.07) is 0. The van der Waals surface area contributed by atoms with Crippen LogP contribution in [0.1, 0.15) is 260 Å². The Hall–Kier alpha value is -2.58. The van der Waals surface area contributed by atoms with Gasteiger partial charge in [-0.2, -0.15) is 0 Å². The number of hydrogen-bond donors (Lipinski definition) is 0. The summed E-state index contributed by atoms with van der Waals surface area (Å²) in [6.07, 6.45) is 7.15. The third-order valence-corrected chi connectivity index (χ3v) is 10.5. The first-order valence-electron chi connectivity index (χ1n) is 30.5. The van der Waals surface area contributed by atoms with Gasteiger partial charge >= 0.3 is 17.9 Å². The molecule has 4 unspecified atom stereocenters. The van der Waals surface area contributed by atoms with Crippen molar-refractivity contribution in [1.82, 2.24) is 0 Å². The van der Waals surface area contributed by atoms with Crippen molar-refractivity contribution in [1.29, 1.82) is 0 Å². The fraction of sp³-hybridized carbons (Fsp3) is 0.882. The molecule has 0 amide bonds. The molecule has 0 rings (SSSR count). The highest BCUT2D eigenvalue weighted by Gasteiger charge is 2.43. The van der Waals surface area contributed by atoms with E-state index in [1.165, 1.54) is 48.5 Å². The van der Waals surface area contributed by atoms with Crippen LogP contribution in [0.5, 0.6) is 0 Å². The SMILES string of the molecule is [2H]C([2H])([2H])C(C)(CCCCCCCCCCC(C)(C(C(=O)OCC)C(=O)OCC)C([2H])([2H])[2H])C(C(C)=O)C(C)=O.[2H]C([2H])([2H])C(C)(CCCCCCCCCCC(C)(C([2H])([2H])[2H])C([2H])([2H])C(=O)OCC)C([2H])([2H])C(C)=O. The minimum absolute atomic E-state index is 0.0150. The van der Waals surface area contributed by atoms with Crippen LogP contribution in [0.3, 0.4) is 0 Å². The Morgan fingerprint density at radius 3 is 1.07 bits per heavy atom. The van der Waals surface area contributed by atoms with Gasteiger partial charge in [0.1, 0.15) is 17.3 Å². The van der Waals surface area contributed by atoms with Crippen molar-refractivity contribution < 1.29 is 64.9 Å². The molecule has 9 nitrogen and oxygen atoms in total. The van der Waals surface area contributed by atoms with E-state index in [9.17, 15) is 28.8 Å². The molecule has 0 aromatic heterocycles. The highest BCUT2D eigenvalue weighted by Crippen LogP contribution is 2.36. The lowest BCUT2D eigenvalue weighted by Crippen LogP contribution is -2.39. The van der Waals surface area contributed by atoms with Gasteiger partial charge in [0.15, 0.2) is 5.92 Å². The van der Waals surface area contributed by atoms with E-state index >= 15 is 0 Å². The third kappa shape index (κ3) is 29.6. The van der Waals surface area contributed by atoms with Gasteiger partial charge in [-0.15, -0.1) is 0 Å². The van der Waals surface area contributed by atoms with Gasteiger partial charge in [0, 0.05) is 28.3 Å². The Kier molecular flexibility index (Phi) is 19.2. The van der Waals surface area contributed by atoms with Crippen LogP contribution in [-0.4, -0.2) is 55.1 Å². The Morgan fingerprint density at radius 2 is 0.767 bits per heavy atom. The molecule has 0 aliphatic rings. The van der Waals surface area contributed by atoms with Gasteiger partial charge in [0.2, 0.25) is 0 Å². The van der Waals surface area contributed by atoms with E-state index in [1.807, 2.05) is 0 Å². The molecular formula is C51H94O9. The monoisotopic (exact) mass is 867 g/mol. The topological polar surface area (TPSA) is 130 Å². The molecule has 0 fully saturated rings. The lowest BCUT2D eigenvalue weighted by atomic mass is 9.71. The van der Waals surface area contributed by atoms with E-state index in [0.29, 0.717) is 38.5 Å². The standard InChI is InChI=1S/C28H50O6.C23H44O3/c1-9-33-25(31)24(26(32)34-10-2)28(7,8)20-18-16-14-12-11-13-15-17-19-27(5,6)23(21(3)29)22(4)30;1-7-26-21(25)19-23(5,6)17-15-13-11-9-8-10-12-14-16-22(3,4)18-20(2)24/h23-24H,9-20H2,1-8H3;7-19H2,1-6H3/i5D3,7D3;3D3,5D3,18D2,19D2. The number of hydrogen-bond acceptors (Lipinski definition) is 9. The lowest BCUT2D eigenvalue weighted by Gasteiger charge is -2.31. The third-order valence-electron chi connectivity index (χ3n) is 10.5. The number of carbonyl (C=O) groups is 6. The molecular weight excluding hydrogens is 757 g/mol. The molecule has 4 atom stereocenters. The van der Waals surface area contributed by atoms with Crippen LogP contribution in [0.15, 0.2) is 0 Å².